The molecule has 98 valence electrons. The largest absolute Gasteiger partial charge is 0.397 e. The van der Waals surface area contributed by atoms with Gasteiger partial charge in [0.15, 0.2) is 0 Å². The first-order chi connectivity index (χ1) is 8.99. The van der Waals surface area contributed by atoms with E-state index in [0.717, 1.165) is 12.1 Å². The number of hydrogen-bond donors (Lipinski definition) is 2. The van der Waals surface area contributed by atoms with Crippen LogP contribution >= 0.6 is 23.2 Å². The van der Waals surface area contributed by atoms with Crippen molar-refractivity contribution < 1.29 is 9.18 Å². The first kappa shape index (κ1) is 13.6. The molecule has 0 bridgehead atoms. The fourth-order valence-corrected chi connectivity index (χ4v) is 2.01. The van der Waals surface area contributed by atoms with E-state index < -0.39 is 11.7 Å². The van der Waals surface area contributed by atoms with Gasteiger partial charge in [-0.2, -0.15) is 0 Å². The zero-order chi connectivity index (χ0) is 14.0. The second-order valence-electron chi connectivity index (χ2n) is 3.78. The number of benzene rings is 2. The molecule has 0 aromatic heterocycles. The van der Waals surface area contributed by atoms with Crippen molar-refractivity contribution in [2.24, 2.45) is 0 Å². The standard InChI is InChI=1S/C13H9Cl2FN2O/c14-9-2-1-3-11(17)12(9)18-13(19)8-5-4-7(16)6-10(8)15/h1-6H,17H2,(H,18,19). The summed E-state index contributed by atoms with van der Waals surface area (Å²) in [6.45, 7) is 0. The summed E-state index contributed by atoms with van der Waals surface area (Å²) in [6.07, 6.45) is 0. The lowest BCUT2D eigenvalue weighted by atomic mass is 10.2. The molecule has 0 saturated carbocycles. The van der Waals surface area contributed by atoms with Gasteiger partial charge in [0.05, 0.1) is 27.0 Å². The topological polar surface area (TPSA) is 55.1 Å². The molecule has 2 aromatic rings. The van der Waals surface area contributed by atoms with E-state index in [0.29, 0.717) is 16.4 Å². The average Bonchev–Trinajstić information content (AvgIpc) is 2.33. The Morgan fingerprint density at radius 3 is 2.53 bits per heavy atom. The quantitative estimate of drug-likeness (QED) is 0.824. The molecule has 0 fully saturated rings. The van der Waals surface area contributed by atoms with Crippen LogP contribution in [0, 0.1) is 5.82 Å². The second kappa shape index (κ2) is 5.47. The van der Waals surface area contributed by atoms with E-state index >= 15 is 0 Å². The van der Waals surface area contributed by atoms with E-state index in [-0.39, 0.29) is 10.6 Å². The average molecular weight is 299 g/mol. The SMILES string of the molecule is Nc1cccc(Cl)c1NC(=O)c1ccc(F)cc1Cl. The maximum Gasteiger partial charge on any atom is 0.257 e. The Kier molecular flexibility index (Phi) is 3.93. The Labute approximate surface area is 119 Å². The number of halogens is 3. The van der Waals surface area contributed by atoms with Crippen molar-refractivity contribution >= 4 is 40.5 Å². The predicted molar refractivity (Wildman–Crippen MR) is 75.2 cm³/mol. The summed E-state index contributed by atoms with van der Waals surface area (Å²) >= 11 is 11.7. The lowest BCUT2D eigenvalue weighted by Gasteiger charge is -2.10. The third-order valence-corrected chi connectivity index (χ3v) is 3.09. The van der Waals surface area contributed by atoms with Crippen molar-refractivity contribution in [3.8, 4) is 0 Å². The van der Waals surface area contributed by atoms with Crippen molar-refractivity contribution in [2.75, 3.05) is 11.1 Å². The lowest BCUT2D eigenvalue weighted by Crippen LogP contribution is -2.14. The van der Waals surface area contributed by atoms with Gasteiger partial charge in [0.25, 0.3) is 5.91 Å². The van der Waals surface area contributed by atoms with E-state index in [4.69, 9.17) is 28.9 Å². The first-order valence-electron chi connectivity index (χ1n) is 5.29. The van der Waals surface area contributed by atoms with Gasteiger partial charge in [-0.1, -0.05) is 29.3 Å². The Morgan fingerprint density at radius 2 is 1.89 bits per heavy atom. The van der Waals surface area contributed by atoms with Crippen LogP contribution in [0.5, 0.6) is 0 Å². The number of carbonyl (C=O) groups is 1. The number of nitrogen functional groups attached to an aromatic ring is 1. The van der Waals surface area contributed by atoms with Crippen LogP contribution in [0.3, 0.4) is 0 Å². The fourth-order valence-electron chi connectivity index (χ4n) is 1.53. The predicted octanol–water partition coefficient (Wildman–Crippen LogP) is 3.97. The zero-order valence-electron chi connectivity index (χ0n) is 9.58. The van der Waals surface area contributed by atoms with Crippen molar-refractivity contribution in [3.63, 3.8) is 0 Å². The Morgan fingerprint density at radius 1 is 1.16 bits per heavy atom. The normalized spacial score (nSPS) is 10.3. The minimum Gasteiger partial charge on any atom is -0.397 e. The van der Waals surface area contributed by atoms with Crippen molar-refractivity contribution in [2.45, 2.75) is 0 Å². The molecule has 3 N–H and O–H groups in total. The summed E-state index contributed by atoms with van der Waals surface area (Å²) in [7, 11) is 0. The summed E-state index contributed by atoms with van der Waals surface area (Å²) in [5, 5.41) is 2.88. The summed E-state index contributed by atoms with van der Waals surface area (Å²) in [6, 6.07) is 8.37. The van der Waals surface area contributed by atoms with Gasteiger partial charge in [0.1, 0.15) is 5.82 Å². The molecule has 0 aliphatic rings. The van der Waals surface area contributed by atoms with Crippen molar-refractivity contribution in [1.29, 1.82) is 0 Å². The number of rotatable bonds is 2. The highest BCUT2D eigenvalue weighted by atomic mass is 35.5. The van der Waals surface area contributed by atoms with Crippen LogP contribution < -0.4 is 11.1 Å². The number of para-hydroxylation sites is 1. The number of hydrogen-bond acceptors (Lipinski definition) is 2. The zero-order valence-corrected chi connectivity index (χ0v) is 11.1. The van der Waals surface area contributed by atoms with Gasteiger partial charge >= 0.3 is 0 Å². The highest BCUT2D eigenvalue weighted by molar-refractivity contribution is 6.36. The molecule has 0 heterocycles. The molecule has 19 heavy (non-hydrogen) atoms. The molecular formula is C13H9Cl2FN2O. The molecule has 0 aliphatic carbocycles. The van der Waals surface area contributed by atoms with Crippen LogP contribution in [0.15, 0.2) is 36.4 Å². The number of nitrogens with two attached hydrogens (primary N) is 1. The van der Waals surface area contributed by atoms with Gasteiger partial charge < -0.3 is 11.1 Å². The highest BCUT2D eigenvalue weighted by Crippen LogP contribution is 2.29. The molecule has 1 amide bonds. The van der Waals surface area contributed by atoms with Gasteiger partial charge in [-0.3, -0.25) is 4.79 Å². The smallest absolute Gasteiger partial charge is 0.257 e. The summed E-state index contributed by atoms with van der Waals surface area (Å²) in [5.41, 5.74) is 6.49. The van der Waals surface area contributed by atoms with Crippen LogP contribution in [-0.2, 0) is 0 Å². The van der Waals surface area contributed by atoms with Crippen LogP contribution in [-0.4, -0.2) is 5.91 Å². The molecule has 3 nitrogen and oxygen atoms in total. The monoisotopic (exact) mass is 298 g/mol. The van der Waals surface area contributed by atoms with E-state index in [1.165, 1.54) is 6.07 Å². The second-order valence-corrected chi connectivity index (χ2v) is 4.60. The minimum absolute atomic E-state index is 0.0168. The van der Waals surface area contributed by atoms with E-state index in [2.05, 4.69) is 5.32 Å². The van der Waals surface area contributed by atoms with Crippen LogP contribution in [0.25, 0.3) is 0 Å². The highest BCUT2D eigenvalue weighted by Gasteiger charge is 2.14. The van der Waals surface area contributed by atoms with Crippen LogP contribution in [0.4, 0.5) is 15.8 Å². The van der Waals surface area contributed by atoms with E-state index in [1.807, 2.05) is 0 Å². The van der Waals surface area contributed by atoms with Crippen molar-refractivity contribution in [3.05, 3.63) is 57.8 Å². The van der Waals surface area contributed by atoms with Crippen LogP contribution in [0.1, 0.15) is 10.4 Å². The molecule has 0 unspecified atom stereocenters. The Hall–Kier alpha value is -1.78. The van der Waals surface area contributed by atoms with E-state index in [9.17, 15) is 9.18 Å². The Balaban J connectivity index is 2.31. The van der Waals surface area contributed by atoms with Gasteiger partial charge in [-0.25, -0.2) is 4.39 Å². The summed E-state index contributed by atoms with van der Waals surface area (Å²) in [4.78, 5) is 12.0. The number of carbonyl (C=O) groups excluding carboxylic acids is 1. The number of nitrogens with one attached hydrogen (secondary N) is 1. The molecule has 2 aromatic carbocycles. The van der Waals surface area contributed by atoms with Gasteiger partial charge in [0.2, 0.25) is 0 Å². The third kappa shape index (κ3) is 2.97. The number of amides is 1. The first-order valence-corrected chi connectivity index (χ1v) is 6.05. The molecule has 6 heteroatoms. The van der Waals surface area contributed by atoms with Crippen LogP contribution in [0.2, 0.25) is 10.0 Å². The summed E-state index contributed by atoms with van der Waals surface area (Å²) < 4.78 is 12.9. The maximum atomic E-state index is 12.9. The Bertz CT molecular complexity index is 626. The molecule has 0 radical (unpaired) electrons. The molecule has 2 rings (SSSR count). The minimum atomic E-state index is -0.515. The van der Waals surface area contributed by atoms with Gasteiger partial charge in [-0.05, 0) is 30.3 Å². The summed E-state index contributed by atoms with van der Waals surface area (Å²) in [5.74, 6) is -1.02. The third-order valence-electron chi connectivity index (χ3n) is 2.46. The molecular weight excluding hydrogens is 290 g/mol. The lowest BCUT2D eigenvalue weighted by molar-refractivity contribution is 0.102. The number of anilines is 2. The van der Waals surface area contributed by atoms with E-state index in [1.54, 1.807) is 18.2 Å². The van der Waals surface area contributed by atoms with Gasteiger partial charge in [-0.15, -0.1) is 0 Å². The van der Waals surface area contributed by atoms with Gasteiger partial charge in [0, 0.05) is 0 Å². The molecule has 0 spiro atoms. The maximum absolute atomic E-state index is 12.9. The molecule has 0 atom stereocenters. The fraction of sp³-hybridized carbons (Fsp3) is 0. The molecule has 0 aliphatic heterocycles. The van der Waals surface area contributed by atoms with Crippen molar-refractivity contribution in [1.82, 2.24) is 0 Å². The molecule has 0 saturated heterocycles.